The van der Waals surface area contributed by atoms with E-state index in [1.165, 1.54) is 11.1 Å². The van der Waals surface area contributed by atoms with Gasteiger partial charge >= 0.3 is 6.03 Å². The van der Waals surface area contributed by atoms with E-state index in [-0.39, 0.29) is 12.1 Å². The Bertz CT molecular complexity index is 745. The lowest BCUT2D eigenvalue weighted by Crippen LogP contribution is -2.34. The van der Waals surface area contributed by atoms with Crippen LogP contribution in [0.4, 0.5) is 10.5 Å². The summed E-state index contributed by atoms with van der Waals surface area (Å²) < 4.78 is 5.89. The average Bonchev–Trinajstić information content (AvgIpc) is 2.99. The second-order valence-corrected chi connectivity index (χ2v) is 6.32. The Morgan fingerprint density at radius 3 is 2.79 bits per heavy atom. The van der Waals surface area contributed by atoms with E-state index in [1.807, 2.05) is 50.2 Å². The van der Waals surface area contributed by atoms with Crippen molar-refractivity contribution >= 4 is 11.7 Å². The van der Waals surface area contributed by atoms with Gasteiger partial charge in [0.15, 0.2) is 0 Å². The van der Waals surface area contributed by atoms with Crippen LogP contribution >= 0.6 is 0 Å². The summed E-state index contributed by atoms with van der Waals surface area (Å²) in [6.45, 7) is 7.30. The van der Waals surface area contributed by atoms with Crippen LogP contribution in [0.25, 0.3) is 0 Å². The van der Waals surface area contributed by atoms with Crippen LogP contribution in [0.2, 0.25) is 0 Å². The number of anilines is 1. The number of pyridine rings is 1. The summed E-state index contributed by atoms with van der Waals surface area (Å²) in [5.74, 6) is 0.622. The van der Waals surface area contributed by atoms with Gasteiger partial charge in [-0.3, -0.25) is 0 Å². The lowest BCUT2D eigenvalue weighted by Gasteiger charge is -2.18. The maximum Gasteiger partial charge on any atom is 0.321 e. The fraction of sp³-hybridized carbons (Fsp3) is 0.368. The Balaban J connectivity index is 1.56. The molecule has 0 bridgehead atoms. The molecule has 1 atom stereocenters. The van der Waals surface area contributed by atoms with E-state index in [2.05, 4.69) is 17.2 Å². The van der Waals surface area contributed by atoms with Gasteiger partial charge in [0.05, 0.1) is 6.54 Å². The van der Waals surface area contributed by atoms with Crippen molar-refractivity contribution < 1.29 is 9.53 Å². The summed E-state index contributed by atoms with van der Waals surface area (Å²) in [6.07, 6.45) is 0.806. The fourth-order valence-corrected chi connectivity index (χ4v) is 2.79. The predicted octanol–water partition coefficient (Wildman–Crippen LogP) is 3.69. The number of benzene rings is 1. The van der Waals surface area contributed by atoms with Crippen molar-refractivity contribution in [1.29, 1.82) is 0 Å². The molecular weight excluding hydrogens is 302 g/mol. The summed E-state index contributed by atoms with van der Waals surface area (Å²) in [5, 5.41) is 2.96. The molecule has 1 fully saturated rings. The maximum atomic E-state index is 12.4. The molecule has 24 heavy (non-hydrogen) atoms. The van der Waals surface area contributed by atoms with Crippen molar-refractivity contribution in [2.45, 2.75) is 33.3 Å². The van der Waals surface area contributed by atoms with Crippen LogP contribution in [0.1, 0.15) is 23.2 Å². The number of nitrogens with zero attached hydrogens (tertiary/aromatic N) is 2. The minimum atomic E-state index is -0.0819. The largest absolute Gasteiger partial charge is 0.472 e. The van der Waals surface area contributed by atoms with Crippen LogP contribution in [0, 0.1) is 20.8 Å². The number of likely N-dealkylation sites (tertiary alicyclic amines) is 1. The number of aromatic nitrogens is 1. The molecule has 0 aliphatic carbocycles. The molecule has 2 amide bonds. The van der Waals surface area contributed by atoms with Gasteiger partial charge in [-0.2, -0.15) is 0 Å². The summed E-state index contributed by atoms with van der Waals surface area (Å²) in [6, 6.07) is 11.6. The van der Waals surface area contributed by atoms with Gasteiger partial charge < -0.3 is 15.0 Å². The van der Waals surface area contributed by atoms with Crippen LogP contribution in [-0.4, -0.2) is 35.1 Å². The van der Waals surface area contributed by atoms with Crippen molar-refractivity contribution in [1.82, 2.24) is 9.88 Å². The molecular formula is C19H23N3O2. The number of urea groups is 1. The molecule has 126 valence electrons. The molecule has 2 heterocycles. The normalized spacial score (nSPS) is 17.0. The van der Waals surface area contributed by atoms with Gasteiger partial charge in [-0.15, -0.1) is 0 Å². The second-order valence-electron chi connectivity index (χ2n) is 6.32. The quantitative estimate of drug-likeness (QED) is 0.936. The summed E-state index contributed by atoms with van der Waals surface area (Å²) in [7, 11) is 0. The highest BCUT2D eigenvalue weighted by molar-refractivity contribution is 5.89. The number of nitrogens with one attached hydrogen (secondary N) is 1. The topological polar surface area (TPSA) is 54.5 Å². The molecule has 0 unspecified atom stereocenters. The second kappa shape index (κ2) is 6.91. The first-order valence-electron chi connectivity index (χ1n) is 8.25. The predicted molar refractivity (Wildman–Crippen MR) is 94.5 cm³/mol. The average molecular weight is 325 g/mol. The maximum absolute atomic E-state index is 12.4. The number of rotatable bonds is 3. The molecule has 2 aromatic rings. The number of hydrogen-bond acceptors (Lipinski definition) is 3. The summed E-state index contributed by atoms with van der Waals surface area (Å²) >= 11 is 0. The zero-order valence-electron chi connectivity index (χ0n) is 14.4. The number of aryl methyl sites for hydroxylation is 3. The highest BCUT2D eigenvalue weighted by Crippen LogP contribution is 2.19. The van der Waals surface area contributed by atoms with Crippen LogP contribution in [0.5, 0.6) is 5.88 Å². The van der Waals surface area contributed by atoms with E-state index in [0.29, 0.717) is 19.0 Å². The van der Waals surface area contributed by atoms with Gasteiger partial charge in [0, 0.05) is 30.4 Å². The Morgan fingerprint density at radius 2 is 2.04 bits per heavy atom. The van der Waals surface area contributed by atoms with E-state index in [0.717, 1.165) is 17.8 Å². The van der Waals surface area contributed by atoms with Crippen LogP contribution in [0.3, 0.4) is 0 Å². The van der Waals surface area contributed by atoms with Crippen molar-refractivity contribution in [2.75, 3.05) is 18.4 Å². The molecule has 1 aromatic heterocycles. The van der Waals surface area contributed by atoms with Gasteiger partial charge in [-0.1, -0.05) is 12.1 Å². The lowest BCUT2D eigenvalue weighted by atomic mass is 10.1. The zero-order valence-corrected chi connectivity index (χ0v) is 14.4. The Morgan fingerprint density at radius 1 is 1.21 bits per heavy atom. The number of carbonyl (C=O) groups excluding carboxylic acids is 1. The van der Waals surface area contributed by atoms with Crippen LogP contribution < -0.4 is 10.1 Å². The lowest BCUT2D eigenvalue weighted by molar-refractivity contribution is 0.189. The van der Waals surface area contributed by atoms with Crippen LogP contribution in [0.15, 0.2) is 36.4 Å². The molecule has 1 saturated heterocycles. The number of ether oxygens (including phenoxy) is 1. The fourth-order valence-electron chi connectivity index (χ4n) is 2.79. The van der Waals surface area contributed by atoms with Crippen molar-refractivity contribution in [3.05, 3.63) is 53.2 Å². The van der Waals surface area contributed by atoms with E-state index in [4.69, 9.17) is 4.74 Å². The van der Waals surface area contributed by atoms with E-state index >= 15 is 0 Å². The van der Waals surface area contributed by atoms with Crippen molar-refractivity contribution in [3.63, 3.8) is 0 Å². The number of amides is 2. The minimum Gasteiger partial charge on any atom is -0.472 e. The molecule has 5 nitrogen and oxygen atoms in total. The first-order valence-corrected chi connectivity index (χ1v) is 8.25. The first-order chi connectivity index (χ1) is 11.5. The molecule has 1 aliphatic heterocycles. The number of hydrogen-bond donors (Lipinski definition) is 1. The summed E-state index contributed by atoms with van der Waals surface area (Å²) in [4.78, 5) is 18.5. The smallest absolute Gasteiger partial charge is 0.321 e. The van der Waals surface area contributed by atoms with Crippen LogP contribution in [-0.2, 0) is 0 Å². The summed E-state index contributed by atoms with van der Waals surface area (Å²) in [5.41, 5.74) is 4.14. The van der Waals surface area contributed by atoms with Gasteiger partial charge in [0.25, 0.3) is 0 Å². The third kappa shape index (κ3) is 3.85. The van der Waals surface area contributed by atoms with Crippen molar-refractivity contribution in [3.8, 4) is 5.88 Å². The van der Waals surface area contributed by atoms with E-state index in [1.54, 1.807) is 4.90 Å². The molecule has 1 aromatic carbocycles. The third-order valence-corrected chi connectivity index (χ3v) is 4.34. The van der Waals surface area contributed by atoms with Gasteiger partial charge in [-0.25, -0.2) is 9.78 Å². The molecule has 0 saturated carbocycles. The van der Waals surface area contributed by atoms with Gasteiger partial charge in [0.1, 0.15) is 6.10 Å². The molecule has 1 aliphatic rings. The Kier molecular flexibility index (Phi) is 4.69. The molecule has 0 spiro atoms. The van der Waals surface area contributed by atoms with E-state index < -0.39 is 0 Å². The zero-order chi connectivity index (χ0) is 17.1. The number of carbonyl (C=O) groups is 1. The molecule has 0 radical (unpaired) electrons. The first kappa shape index (κ1) is 16.3. The SMILES string of the molecule is Cc1cccc(O[C@@H]2CCN(C(=O)Nc3ccc(C)c(C)c3)C2)n1. The highest BCUT2D eigenvalue weighted by Gasteiger charge is 2.28. The third-order valence-electron chi connectivity index (χ3n) is 4.34. The van der Waals surface area contributed by atoms with E-state index in [9.17, 15) is 4.79 Å². The Hall–Kier alpha value is -2.56. The van der Waals surface area contributed by atoms with Crippen molar-refractivity contribution in [2.24, 2.45) is 0 Å². The molecule has 5 heteroatoms. The minimum absolute atomic E-state index is 0.00944. The molecule has 1 N–H and O–H groups in total. The molecule has 3 rings (SSSR count). The Labute approximate surface area is 142 Å². The highest BCUT2D eigenvalue weighted by atomic mass is 16.5. The van der Waals surface area contributed by atoms with Gasteiger partial charge in [0.2, 0.25) is 5.88 Å². The monoisotopic (exact) mass is 325 g/mol. The standard InChI is InChI=1S/C19H23N3O2/c1-13-7-8-16(11-14(13)2)21-19(23)22-10-9-17(12-22)24-18-6-4-5-15(3)20-18/h4-8,11,17H,9-10,12H2,1-3H3,(H,21,23)/t17-/m1/s1. The van der Waals surface area contributed by atoms with Gasteiger partial charge in [-0.05, 0) is 50.1 Å².